The van der Waals surface area contributed by atoms with Crippen molar-refractivity contribution in [3.63, 3.8) is 0 Å². The Balaban J connectivity index is -0.0000000150. The maximum atomic E-state index is 4.72. The van der Waals surface area contributed by atoms with Crippen molar-refractivity contribution in [3.05, 3.63) is 25.3 Å². The fourth-order valence-corrected chi connectivity index (χ4v) is 0. The van der Waals surface area contributed by atoms with Gasteiger partial charge >= 0.3 is 0 Å². The van der Waals surface area contributed by atoms with Gasteiger partial charge in [-0.2, -0.15) is 0 Å². The van der Waals surface area contributed by atoms with Crippen molar-refractivity contribution in [3.8, 4) is 0 Å². The van der Waals surface area contributed by atoms with Crippen molar-refractivity contribution in [1.29, 1.82) is 0 Å². The molecule has 3 heteroatoms. The van der Waals surface area contributed by atoms with Gasteiger partial charge in [-0.25, -0.2) is 0 Å². The van der Waals surface area contributed by atoms with E-state index >= 15 is 0 Å². The predicted molar refractivity (Wildman–Crippen MR) is 17.7 cm³/mol. The van der Waals surface area contributed by atoms with Gasteiger partial charge in [0.15, 0.2) is 0 Å². The molecule has 0 spiro atoms. The Morgan fingerprint density at radius 2 is 0.857 bits per heavy atom. The van der Waals surface area contributed by atoms with Gasteiger partial charge < -0.3 is 25.3 Å². The van der Waals surface area contributed by atoms with Crippen LogP contribution in [-0.2, 0) is 98.1 Å². The van der Waals surface area contributed by atoms with E-state index in [9.17, 15) is 0 Å². The monoisotopic (exact) mass is 319 g/mol. The second-order valence-electron chi connectivity index (χ2n) is 0.385. The third-order valence-corrected chi connectivity index (χ3v) is 0.111. The first kappa shape index (κ1) is 22.6. The van der Waals surface area contributed by atoms with Crippen LogP contribution in [0.3, 0.4) is 0 Å². The molecule has 0 rings (SSSR count). The summed E-state index contributed by atoms with van der Waals surface area (Å²) in [6.07, 6.45) is 2.56. The summed E-state index contributed by atoms with van der Waals surface area (Å²) in [7, 11) is 0. The van der Waals surface area contributed by atoms with Crippen molar-refractivity contribution < 1.29 is 98.1 Å². The molecule has 0 aliphatic rings. The van der Waals surface area contributed by atoms with Gasteiger partial charge in [0.1, 0.15) is 0 Å². The maximum absolute atomic E-state index is 4.72. The van der Waals surface area contributed by atoms with E-state index in [1.165, 1.54) is 12.2 Å². The van der Waals surface area contributed by atoms with Gasteiger partial charge in [0.25, 0.3) is 0 Å². The summed E-state index contributed by atoms with van der Waals surface area (Å²) < 4.78 is 0. The summed E-state index contributed by atoms with van der Waals surface area (Å²) >= 11 is 0. The molecule has 0 aromatic rings. The van der Waals surface area contributed by atoms with Crippen LogP contribution in [0.1, 0.15) is 0 Å². The van der Waals surface area contributed by atoms with Gasteiger partial charge in [-0.15, -0.1) is 0 Å². The topological polar surface area (TPSA) is 0 Å². The molecule has 0 aromatic heterocycles. The molecule has 0 saturated carbocycles. The molecule has 31 valence electrons. The van der Waals surface area contributed by atoms with Crippen molar-refractivity contribution in [1.82, 2.24) is 0 Å². The van der Waals surface area contributed by atoms with E-state index in [0.717, 1.165) is 0 Å². The quantitative estimate of drug-likeness (QED) is 0.499. The van der Waals surface area contributed by atoms with Crippen molar-refractivity contribution in [2.75, 3.05) is 0 Å². The molecule has 0 amide bonds. The Hall–Kier alpha value is 2.79. The van der Waals surface area contributed by atoms with Crippen molar-refractivity contribution in [2.45, 2.75) is 0 Å². The standard InChI is InChI=1S/C4H4.3Y/c1-3-4-2;;;/h1-4H;;;/q-2;;;. The number of hydrogen-bond donors (Lipinski definition) is 0. The van der Waals surface area contributed by atoms with E-state index in [0.29, 0.717) is 0 Å². The Bertz CT molecular complexity index is 27.9. The smallest absolute Gasteiger partial charge is 0 e. The zero-order chi connectivity index (χ0) is 3.41. The summed E-state index contributed by atoms with van der Waals surface area (Å²) in [4.78, 5) is 0. The van der Waals surface area contributed by atoms with Crippen LogP contribution in [0.4, 0.5) is 0 Å². The predicted octanol–water partition coefficient (Wildman–Crippen LogP) is 0.957. The molecule has 0 aliphatic heterocycles. The van der Waals surface area contributed by atoms with Gasteiger partial charge in [0.05, 0.1) is 0 Å². The van der Waals surface area contributed by atoms with E-state index < -0.39 is 0 Å². The molecule has 0 aliphatic carbocycles. The van der Waals surface area contributed by atoms with Crippen LogP contribution in [0.25, 0.3) is 0 Å². The molecule has 3 radical (unpaired) electrons. The molecular weight excluding hydrogens is 315 g/mol. The second kappa shape index (κ2) is 23.2. The van der Waals surface area contributed by atoms with Gasteiger partial charge in [-0.3, -0.25) is 0 Å². The molecule has 0 atom stereocenters. The molecule has 0 nitrogen and oxygen atoms in total. The van der Waals surface area contributed by atoms with Crippen molar-refractivity contribution in [2.24, 2.45) is 0 Å². The Kier molecular flexibility index (Phi) is 74.9. The number of allylic oxidation sites excluding steroid dienone is 2. The molecule has 0 N–H and O–H groups in total. The van der Waals surface area contributed by atoms with Crippen LogP contribution in [0.2, 0.25) is 0 Å². The molecule has 7 heavy (non-hydrogen) atoms. The SMILES string of the molecule is [CH-]=CC=[CH-].[Y].[Y].[Y]. The van der Waals surface area contributed by atoms with Gasteiger partial charge in [0.2, 0.25) is 0 Å². The van der Waals surface area contributed by atoms with Crippen LogP contribution in [0.15, 0.2) is 12.2 Å². The van der Waals surface area contributed by atoms with Gasteiger partial charge in [-0.05, 0) is 0 Å². The van der Waals surface area contributed by atoms with E-state index in [2.05, 4.69) is 0 Å². The molecule has 0 aromatic carbocycles. The van der Waals surface area contributed by atoms with Gasteiger partial charge in [-0.1, -0.05) is 0 Å². The summed E-state index contributed by atoms with van der Waals surface area (Å²) in [6, 6.07) is 0. The van der Waals surface area contributed by atoms with E-state index in [1.54, 1.807) is 0 Å². The molecule has 0 saturated heterocycles. The van der Waals surface area contributed by atoms with E-state index in [4.69, 9.17) is 13.2 Å². The maximum Gasteiger partial charge on any atom is 0 e. The molecular formula is C4H4Y3-2. The van der Waals surface area contributed by atoms with Crippen molar-refractivity contribution >= 4 is 0 Å². The Morgan fingerprint density at radius 1 is 0.714 bits per heavy atom. The average Bonchev–Trinajstić information content (AvgIpc) is 1.37. The fraction of sp³-hybridized carbons (Fsp3) is 0. The number of rotatable bonds is 1. The largest absolute Gasteiger partial charge is 0.394 e. The summed E-state index contributed by atoms with van der Waals surface area (Å²) in [5, 5.41) is 0. The second-order valence-corrected chi connectivity index (χ2v) is 0.385. The summed E-state index contributed by atoms with van der Waals surface area (Å²) in [6.45, 7) is 9.44. The first-order chi connectivity index (χ1) is 1.91. The number of hydrogen-bond acceptors (Lipinski definition) is 0. The van der Waals surface area contributed by atoms with Crippen LogP contribution in [-0.4, -0.2) is 0 Å². The molecule has 0 unspecified atom stereocenters. The minimum atomic E-state index is 0. The third kappa shape index (κ3) is 28.2. The summed E-state index contributed by atoms with van der Waals surface area (Å²) in [5.74, 6) is 0. The van der Waals surface area contributed by atoms with Crippen LogP contribution >= 0.6 is 0 Å². The minimum absolute atomic E-state index is 0. The normalized spacial score (nSPS) is 2.86. The Morgan fingerprint density at radius 3 is 0.857 bits per heavy atom. The minimum Gasteiger partial charge on any atom is -0.394 e. The van der Waals surface area contributed by atoms with Crippen LogP contribution < -0.4 is 0 Å². The molecule has 0 heterocycles. The van der Waals surface area contributed by atoms with E-state index in [-0.39, 0.29) is 98.1 Å². The average molecular weight is 319 g/mol. The van der Waals surface area contributed by atoms with E-state index in [1.807, 2.05) is 0 Å². The molecule has 0 bridgehead atoms. The Labute approximate surface area is 121 Å². The summed E-state index contributed by atoms with van der Waals surface area (Å²) in [5.41, 5.74) is 0. The first-order valence-corrected chi connectivity index (χ1v) is 1.00. The van der Waals surface area contributed by atoms with Crippen LogP contribution in [0.5, 0.6) is 0 Å². The zero-order valence-electron chi connectivity index (χ0n) is 4.04. The van der Waals surface area contributed by atoms with Gasteiger partial charge in [0, 0.05) is 98.1 Å². The first-order valence-electron chi connectivity index (χ1n) is 1.00. The third-order valence-electron chi connectivity index (χ3n) is 0.111. The molecule has 0 fully saturated rings. The fourth-order valence-electron chi connectivity index (χ4n) is 0. The van der Waals surface area contributed by atoms with Crippen LogP contribution in [0, 0.1) is 13.2 Å². The zero-order valence-corrected chi connectivity index (χ0v) is 12.6.